The molecule has 0 atom stereocenters. The molecule has 0 spiro atoms. The maximum absolute atomic E-state index is 10.6. The second kappa shape index (κ2) is 4.85. The smallest absolute Gasteiger partial charge is 0.330 e. The predicted octanol–water partition coefficient (Wildman–Crippen LogP) is 0.161. The summed E-state index contributed by atoms with van der Waals surface area (Å²) in [6.07, 6.45) is 0. The summed E-state index contributed by atoms with van der Waals surface area (Å²) in [6.45, 7) is -0.354. The Hall–Kier alpha value is -2.24. The summed E-state index contributed by atoms with van der Waals surface area (Å²) in [7, 11) is 0. The predicted molar refractivity (Wildman–Crippen MR) is 54.1 cm³/mol. The number of anilines is 1. The number of aliphatic carboxylic acids is 1. The van der Waals surface area contributed by atoms with Gasteiger partial charge in [0.15, 0.2) is 0 Å². The summed E-state index contributed by atoms with van der Waals surface area (Å²) in [5.74, 6) is -1.06. The molecule has 0 heterocycles. The van der Waals surface area contributed by atoms with Gasteiger partial charge in [-0.2, -0.15) is 0 Å². The molecule has 0 aliphatic heterocycles. The molecule has 6 heteroatoms. The second-order valence-corrected chi connectivity index (χ2v) is 2.79. The van der Waals surface area contributed by atoms with Crippen molar-refractivity contribution in [1.29, 1.82) is 0 Å². The summed E-state index contributed by atoms with van der Waals surface area (Å²) in [5, 5.41) is 9.78. The molecule has 0 saturated carbocycles. The largest absolute Gasteiger partial charge is 0.480 e. The number of hydrogen-bond acceptors (Lipinski definition) is 3. The Morgan fingerprint density at radius 3 is 2.40 bits per heavy atom. The molecule has 0 aromatic heterocycles. The molecule has 1 aromatic rings. The lowest BCUT2D eigenvalue weighted by molar-refractivity contribution is -0.135. The van der Waals surface area contributed by atoms with Gasteiger partial charge in [0.1, 0.15) is 6.54 Å². The SMILES string of the molecule is NC(=O)NN(CC(=O)O)c1ccccc1. The summed E-state index contributed by atoms with van der Waals surface area (Å²) in [6, 6.07) is 7.77. The van der Waals surface area contributed by atoms with Gasteiger partial charge in [-0.05, 0) is 12.1 Å². The third kappa shape index (κ3) is 3.55. The van der Waals surface area contributed by atoms with Crippen molar-refractivity contribution in [1.82, 2.24) is 5.43 Å². The van der Waals surface area contributed by atoms with Crippen molar-refractivity contribution in [3.05, 3.63) is 30.3 Å². The van der Waals surface area contributed by atoms with Crippen LogP contribution >= 0.6 is 0 Å². The molecule has 0 bridgehead atoms. The van der Waals surface area contributed by atoms with E-state index >= 15 is 0 Å². The van der Waals surface area contributed by atoms with E-state index in [1.807, 2.05) is 0 Å². The molecule has 1 rings (SSSR count). The first-order chi connectivity index (χ1) is 7.09. The number of urea groups is 1. The van der Waals surface area contributed by atoms with Crippen LogP contribution in [0.15, 0.2) is 30.3 Å². The van der Waals surface area contributed by atoms with Crippen LogP contribution in [-0.4, -0.2) is 23.7 Å². The number of carbonyl (C=O) groups is 2. The molecule has 0 radical (unpaired) electrons. The zero-order valence-electron chi connectivity index (χ0n) is 7.88. The van der Waals surface area contributed by atoms with E-state index in [4.69, 9.17) is 10.8 Å². The van der Waals surface area contributed by atoms with E-state index in [1.165, 1.54) is 0 Å². The lowest BCUT2D eigenvalue weighted by Gasteiger charge is -2.21. The number of carbonyl (C=O) groups excluding carboxylic acids is 1. The van der Waals surface area contributed by atoms with Crippen LogP contribution in [0.3, 0.4) is 0 Å². The van der Waals surface area contributed by atoms with Gasteiger partial charge in [0.25, 0.3) is 0 Å². The van der Waals surface area contributed by atoms with E-state index < -0.39 is 12.0 Å². The highest BCUT2D eigenvalue weighted by Gasteiger charge is 2.11. The van der Waals surface area contributed by atoms with Crippen molar-refractivity contribution in [2.75, 3.05) is 11.6 Å². The van der Waals surface area contributed by atoms with E-state index in [9.17, 15) is 9.59 Å². The average molecular weight is 209 g/mol. The summed E-state index contributed by atoms with van der Waals surface area (Å²) < 4.78 is 0. The summed E-state index contributed by atoms with van der Waals surface area (Å²) in [5.41, 5.74) is 7.69. The van der Waals surface area contributed by atoms with E-state index in [0.717, 1.165) is 5.01 Å². The highest BCUT2D eigenvalue weighted by Crippen LogP contribution is 2.09. The number of primary amides is 1. The molecule has 80 valence electrons. The van der Waals surface area contributed by atoms with Crippen molar-refractivity contribution in [2.45, 2.75) is 0 Å². The van der Waals surface area contributed by atoms with Gasteiger partial charge in [0.05, 0.1) is 5.69 Å². The Balaban J connectivity index is 2.81. The van der Waals surface area contributed by atoms with Crippen molar-refractivity contribution < 1.29 is 14.7 Å². The van der Waals surface area contributed by atoms with Crippen molar-refractivity contribution >= 4 is 17.7 Å². The van der Waals surface area contributed by atoms with Gasteiger partial charge in [-0.25, -0.2) is 10.2 Å². The maximum Gasteiger partial charge on any atom is 0.330 e. The van der Waals surface area contributed by atoms with Crippen LogP contribution in [0.5, 0.6) is 0 Å². The van der Waals surface area contributed by atoms with E-state index in [-0.39, 0.29) is 6.54 Å². The molecule has 6 nitrogen and oxygen atoms in total. The van der Waals surface area contributed by atoms with Crippen LogP contribution in [-0.2, 0) is 4.79 Å². The minimum absolute atomic E-state index is 0.354. The molecule has 0 aliphatic carbocycles. The number of carboxylic acid groups (broad SMARTS) is 1. The average Bonchev–Trinajstić information content (AvgIpc) is 2.17. The first-order valence-electron chi connectivity index (χ1n) is 4.20. The number of rotatable bonds is 4. The zero-order chi connectivity index (χ0) is 11.3. The molecule has 0 aliphatic rings. The molecule has 0 fully saturated rings. The molecule has 15 heavy (non-hydrogen) atoms. The third-order valence-electron chi connectivity index (χ3n) is 1.61. The Labute approximate surface area is 86.3 Å². The number of carboxylic acids is 1. The first-order valence-corrected chi connectivity index (χ1v) is 4.20. The Morgan fingerprint density at radius 2 is 1.93 bits per heavy atom. The molecular formula is C9H11N3O3. The van der Waals surface area contributed by atoms with Gasteiger partial charge < -0.3 is 10.8 Å². The number of hydrazine groups is 1. The van der Waals surface area contributed by atoms with Crippen LogP contribution in [0, 0.1) is 0 Å². The van der Waals surface area contributed by atoms with E-state index in [2.05, 4.69) is 5.43 Å². The third-order valence-corrected chi connectivity index (χ3v) is 1.61. The van der Waals surface area contributed by atoms with E-state index in [1.54, 1.807) is 30.3 Å². The standard InChI is InChI=1S/C9H11N3O3/c10-9(15)11-12(6-8(13)14)7-4-2-1-3-5-7/h1-5H,6H2,(H,13,14)(H3,10,11,15). The van der Waals surface area contributed by atoms with Gasteiger partial charge >= 0.3 is 12.0 Å². The number of hydrogen-bond donors (Lipinski definition) is 3. The van der Waals surface area contributed by atoms with Crippen molar-refractivity contribution in [3.8, 4) is 0 Å². The van der Waals surface area contributed by atoms with Crippen molar-refractivity contribution in [2.24, 2.45) is 5.73 Å². The molecule has 0 saturated heterocycles. The maximum atomic E-state index is 10.6. The lowest BCUT2D eigenvalue weighted by Crippen LogP contribution is -2.47. The second-order valence-electron chi connectivity index (χ2n) is 2.79. The van der Waals surface area contributed by atoms with Gasteiger partial charge in [-0.3, -0.25) is 9.80 Å². The molecule has 1 aromatic carbocycles. The van der Waals surface area contributed by atoms with E-state index in [0.29, 0.717) is 5.69 Å². The number of para-hydroxylation sites is 1. The summed E-state index contributed by atoms with van der Waals surface area (Å²) >= 11 is 0. The van der Waals surface area contributed by atoms with Crippen LogP contribution in [0.1, 0.15) is 0 Å². The Kier molecular flexibility index (Phi) is 3.50. The fraction of sp³-hybridized carbons (Fsp3) is 0.111. The lowest BCUT2D eigenvalue weighted by atomic mass is 10.3. The van der Waals surface area contributed by atoms with Crippen LogP contribution in [0.2, 0.25) is 0 Å². The monoisotopic (exact) mass is 209 g/mol. The van der Waals surface area contributed by atoms with Crippen LogP contribution in [0.25, 0.3) is 0 Å². The fourth-order valence-electron chi connectivity index (χ4n) is 1.07. The minimum atomic E-state index is -1.06. The quantitative estimate of drug-likeness (QED) is 0.615. The molecular weight excluding hydrogens is 198 g/mol. The number of nitrogens with two attached hydrogens (primary N) is 1. The fourth-order valence-corrected chi connectivity index (χ4v) is 1.07. The number of benzene rings is 1. The van der Waals surface area contributed by atoms with Crippen molar-refractivity contribution in [3.63, 3.8) is 0 Å². The van der Waals surface area contributed by atoms with Gasteiger partial charge in [0, 0.05) is 0 Å². The van der Waals surface area contributed by atoms with Crippen LogP contribution in [0.4, 0.5) is 10.5 Å². The molecule has 0 unspecified atom stereocenters. The van der Waals surface area contributed by atoms with Crippen LogP contribution < -0.4 is 16.2 Å². The van der Waals surface area contributed by atoms with Gasteiger partial charge in [-0.1, -0.05) is 18.2 Å². The van der Waals surface area contributed by atoms with Gasteiger partial charge in [0.2, 0.25) is 0 Å². The number of amides is 2. The topological polar surface area (TPSA) is 95.7 Å². The first kappa shape index (κ1) is 10.8. The molecule has 4 N–H and O–H groups in total. The normalized spacial score (nSPS) is 9.33. The number of nitrogens with one attached hydrogen (secondary N) is 1. The summed E-state index contributed by atoms with van der Waals surface area (Å²) in [4.78, 5) is 21.2. The zero-order valence-corrected chi connectivity index (χ0v) is 7.88. The Morgan fingerprint density at radius 1 is 1.33 bits per heavy atom. The number of nitrogens with zero attached hydrogens (tertiary/aromatic N) is 1. The minimum Gasteiger partial charge on any atom is -0.480 e. The highest BCUT2D eigenvalue weighted by atomic mass is 16.4. The highest BCUT2D eigenvalue weighted by molar-refractivity contribution is 5.78. The van der Waals surface area contributed by atoms with Gasteiger partial charge in [-0.15, -0.1) is 0 Å². The Bertz CT molecular complexity index is 337. The molecule has 2 amide bonds.